The standard InChI is InChI=1S/C8H15NO/c1-4-5-6-9(3)7-8(2)10/h8,10H,6-7H2,1-3H3/t8-/m0/s1. The van der Waals surface area contributed by atoms with E-state index in [9.17, 15) is 0 Å². The average Bonchev–Trinajstić information content (AvgIpc) is 1.82. The van der Waals surface area contributed by atoms with Gasteiger partial charge in [-0.15, -0.1) is 5.92 Å². The maximum atomic E-state index is 8.93. The van der Waals surface area contributed by atoms with Crippen molar-refractivity contribution < 1.29 is 5.11 Å². The second-order valence-corrected chi connectivity index (χ2v) is 2.47. The molecule has 10 heavy (non-hydrogen) atoms. The summed E-state index contributed by atoms with van der Waals surface area (Å²) in [5, 5.41) is 8.93. The molecule has 0 radical (unpaired) electrons. The molecule has 0 saturated heterocycles. The molecule has 0 aliphatic heterocycles. The van der Waals surface area contributed by atoms with Gasteiger partial charge in [0.05, 0.1) is 12.6 Å². The van der Waals surface area contributed by atoms with Crippen LogP contribution in [-0.4, -0.2) is 36.2 Å². The molecule has 0 fully saturated rings. The number of rotatable bonds is 3. The summed E-state index contributed by atoms with van der Waals surface area (Å²) in [6.07, 6.45) is -0.261. The van der Waals surface area contributed by atoms with Crippen LogP contribution in [0.1, 0.15) is 13.8 Å². The molecule has 0 aromatic carbocycles. The second-order valence-electron chi connectivity index (χ2n) is 2.47. The third kappa shape index (κ3) is 5.61. The van der Waals surface area contributed by atoms with Crippen molar-refractivity contribution in [1.82, 2.24) is 4.90 Å². The van der Waals surface area contributed by atoms with Gasteiger partial charge in [-0.25, -0.2) is 0 Å². The lowest BCUT2D eigenvalue weighted by atomic mass is 10.4. The summed E-state index contributed by atoms with van der Waals surface area (Å²) in [4.78, 5) is 1.99. The van der Waals surface area contributed by atoms with Crippen LogP contribution in [0.15, 0.2) is 0 Å². The first-order valence-corrected chi connectivity index (χ1v) is 3.43. The summed E-state index contributed by atoms with van der Waals surface area (Å²) >= 11 is 0. The van der Waals surface area contributed by atoms with E-state index in [1.54, 1.807) is 6.92 Å². The fourth-order valence-corrected chi connectivity index (χ4v) is 0.730. The molecule has 0 spiro atoms. The summed E-state index contributed by atoms with van der Waals surface area (Å²) in [5.41, 5.74) is 0. The van der Waals surface area contributed by atoms with E-state index < -0.39 is 0 Å². The molecule has 0 unspecified atom stereocenters. The van der Waals surface area contributed by atoms with E-state index >= 15 is 0 Å². The molecule has 0 rings (SSSR count). The Morgan fingerprint density at radius 2 is 2.20 bits per heavy atom. The highest BCUT2D eigenvalue weighted by Crippen LogP contribution is 1.85. The van der Waals surface area contributed by atoms with Crippen LogP contribution in [-0.2, 0) is 0 Å². The minimum absolute atomic E-state index is 0.261. The average molecular weight is 141 g/mol. The number of aliphatic hydroxyl groups is 1. The highest BCUT2D eigenvalue weighted by atomic mass is 16.3. The molecule has 0 amide bonds. The fraction of sp³-hybridized carbons (Fsp3) is 0.750. The normalized spacial score (nSPS) is 12.5. The van der Waals surface area contributed by atoms with Gasteiger partial charge in [-0.2, -0.15) is 0 Å². The van der Waals surface area contributed by atoms with E-state index in [1.165, 1.54) is 0 Å². The first kappa shape index (κ1) is 9.48. The lowest BCUT2D eigenvalue weighted by Crippen LogP contribution is -2.27. The minimum atomic E-state index is -0.261. The molecule has 0 aromatic heterocycles. The Morgan fingerprint density at radius 1 is 1.60 bits per heavy atom. The van der Waals surface area contributed by atoms with Gasteiger partial charge in [-0.3, -0.25) is 4.90 Å². The lowest BCUT2D eigenvalue weighted by Gasteiger charge is -2.14. The molecule has 2 heteroatoms. The molecule has 2 nitrogen and oxygen atoms in total. The highest BCUT2D eigenvalue weighted by Gasteiger charge is 1.98. The topological polar surface area (TPSA) is 23.5 Å². The molecule has 0 bridgehead atoms. The Bertz CT molecular complexity index is 132. The molecule has 1 atom stereocenters. The van der Waals surface area contributed by atoms with Gasteiger partial charge in [0.2, 0.25) is 0 Å². The summed E-state index contributed by atoms with van der Waals surface area (Å²) in [7, 11) is 1.94. The summed E-state index contributed by atoms with van der Waals surface area (Å²) < 4.78 is 0. The maximum absolute atomic E-state index is 8.93. The second kappa shape index (κ2) is 5.28. The van der Waals surface area contributed by atoms with Crippen LogP contribution in [0.2, 0.25) is 0 Å². The predicted molar refractivity (Wildman–Crippen MR) is 42.6 cm³/mol. The minimum Gasteiger partial charge on any atom is -0.392 e. The molecule has 0 aliphatic carbocycles. The molecule has 0 saturated carbocycles. The summed E-state index contributed by atoms with van der Waals surface area (Å²) in [5.74, 6) is 5.72. The van der Waals surface area contributed by atoms with Gasteiger partial charge in [-0.05, 0) is 20.9 Å². The van der Waals surface area contributed by atoms with Crippen molar-refractivity contribution in [1.29, 1.82) is 0 Å². The molecular formula is C8H15NO. The van der Waals surface area contributed by atoms with Crippen LogP contribution in [0.25, 0.3) is 0 Å². The van der Waals surface area contributed by atoms with E-state index in [0.29, 0.717) is 6.54 Å². The van der Waals surface area contributed by atoms with Gasteiger partial charge in [0.15, 0.2) is 0 Å². The first-order valence-electron chi connectivity index (χ1n) is 3.43. The Morgan fingerprint density at radius 3 is 2.60 bits per heavy atom. The zero-order chi connectivity index (χ0) is 7.98. The molecular weight excluding hydrogens is 126 g/mol. The van der Waals surface area contributed by atoms with E-state index in [2.05, 4.69) is 11.8 Å². The quantitative estimate of drug-likeness (QED) is 0.572. The van der Waals surface area contributed by atoms with Crippen molar-refractivity contribution in [3.05, 3.63) is 0 Å². The first-order chi connectivity index (χ1) is 4.66. The van der Waals surface area contributed by atoms with Crippen LogP contribution >= 0.6 is 0 Å². The Hall–Kier alpha value is -0.520. The van der Waals surface area contributed by atoms with Crippen LogP contribution in [0.5, 0.6) is 0 Å². The zero-order valence-corrected chi connectivity index (χ0v) is 6.89. The van der Waals surface area contributed by atoms with Gasteiger partial charge in [0, 0.05) is 6.54 Å². The van der Waals surface area contributed by atoms with Gasteiger partial charge >= 0.3 is 0 Å². The third-order valence-electron chi connectivity index (χ3n) is 1.10. The summed E-state index contributed by atoms with van der Waals surface area (Å²) in [6, 6.07) is 0. The van der Waals surface area contributed by atoms with Crippen molar-refractivity contribution in [2.24, 2.45) is 0 Å². The van der Waals surface area contributed by atoms with Crippen LogP contribution in [0.4, 0.5) is 0 Å². The van der Waals surface area contributed by atoms with Crippen molar-refractivity contribution in [2.45, 2.75) is 20.0 Å². The smallest absolute Gasteiger partial charge is 0.0639 e. The summed E-state index contributed by atoms with van der Waals surface area (Å²) in [6.45, 7) is 5.02. The van der Waals surface area contributed by atoms with E-state index in [1.807, 2.05) is 18.9 Å². The number of nitrogens with zero attached hydrogens (tertiary/aromatic N) is 1. The van der Waals surface area contributed by atoms with Crippen molar-refractivity contribution in [3.8, 4) is 11.8 Å². The van der Waals surface area contributed by atoms with Crippen molar-refractivity contribution >= 4 is 0 Å². The van der Waals surface area contributed by atoms with E-state index in [0.717, 1.165) is 6.54 Å². The van der Waals surface area contributed by atoms with Gasteiger partial charge in [0.25, 0.3) is 0 Å². The molecule has 0 heterocycles. The van der Waals surface area contributed by atoms with Gasteiger partial charge < -0.3 is 5.11 Å². The number of hydrogen-bond donors (Lipinski definition) is 1. The Labute approximate surface area is 62.8 Å². The fourth-order valence-electron chi connectivity index (χ4n) is 0.730. The third-order valence-corrected chi connectivity index (χ3v) is 1.10. The van der Waals surface area contributed by atoms with Crippen LogP contribution in [0.3, 0.4) is 0 Å². The molecule has 58 valence electrons. The SMILES string of the molecule is CC#CCN(C)C[C@H](C)O. The highest BCUT2D eigenvalue weighted by molar-refractivity contribution is 4.97. The molecule has 1 N–H and O–H groups in total. The maximum Gasteiger partial charge on any atom is 0.0639 e. The van der Waals surface area contributed by atoms with Crippen molar-refractivity contribution in [3.63, 3.8) is 0 Å². The monoisotopic (exact) mass is 141 g/mol. The number of hydrogen-bond acceptors (Lipinski definition) is 2. The van der Waals surface area contributed by atoms with Crippen molar-refractivity contribution in [2.75, 3.05) is 20.1 Å². The predicted octanol–water partition coefficient (Wildman–Crippen LogP) is 0.322. The lowest BCUT2D eigenvalue weighted by molar-refractivity contribution is 0.148. The molecule has 0 aliphatic rings. The van der Waals surface area contributed by atoms with Crippen LogP contribution in [0, 0.1) is 11.8 Å². The Balaban J connectivity index is 3.40. The van der Waals surface area contributed by atoms with E-state index in [4.69, 9.17) is 5.11 Å². The Kier molecular flexibility index (Phi) is 5.00. The van der Waals surface area contributed by atoms with Gasteiger partial charge in [0.1, 0.15) is 0 Å². The largest absolute Gasteiger partial charge is 0.392 e. The van der Waals surface area contributed by atoms with Crippen LogP contribution < -0.4 is 0 Å². The molecule has 0 aromatic rings. The number of aliphatic hydroxyl groups excluding tert-OH is 1. The number of likely N-dealkylation sites (N-methyl/N-ethyl adjacent to an activating group) is 1. The van der Waals surface area contributed by atoms with E-state index in [-0.39, 0.29) is 6.10 Å². The van der Waals surface area contributed by atoms with Gasteiger partial charge in [-0.1, -0.05) is 5.92 Å². The zero-order valence-electron chi connectivity index (χ0n) is 6.89.